The molecule has 1 amide bonds. The molecule has 1 aromatic carbocycles. The smallest absolute Gasteiger partial charge is 0.262 e. The summed E-state index contributed by atoms with van der Waals surface area (Å²) < 4.78 is 1.56. The Morgan fingerprint density at radius 1 is 1.26 bits per heavy atom. The first-order valence-corrected chi connectivity index (χ1v) is 10.3. The van der Waals surface area contributed by atoms with E-state index in [1.807, 2.05) is 36.6 Å². The van der Waals surface area contributed by atoms with Crippen LogP contribution in [0, 0.1) is 6.92 Å². The van der Waals surface area contributed by atoms with Crippen molar-refractivity contribution in [1.29, 1.82) is 0 Å². The molecule has 2 heterocycles. The first kappa shape index (κ1) is 17.9. The predicted molar refractivity (Wildman–Crippen MR) is 109 cm³/mol. The Bertz CT molecular complexity index is 1010. The summed E-state index contributed by atoms with van der Waals surface area (Å²) in [6, 6.07) is 8.45. The largest absolute Gasteiger partial charge is 0.353 e. The standard InChI is InChI=1S/C21H23N3O2S/c1-14-6-8-15(9-7-14)17-12-27-20-19(17)21(26)24(13-22-20)11-10-18(25)23-16-4-2-3-5-16/h6-9,12-13,16H,2-5,10-11H2,1H3,(H,23,25). The fraction of sp³-hybridized carbons (Fsp3) is 0.381. The fourth-order valence-corrected chi connectivity index (χ4v) is 4.57. The Morgan fingerprint density at radius 2 is 2.00 bits per heavy atom. The summed E-state index contributed by atoms with van der Waals surface area (Å²) >= 11 is 1.48. The monoisotopic (exact) mass is 381 g/mol. The minimum Gasteiger partial charge on any atom is -0.353 e. The van der Waals surface area contributed by atoms with E-state index in [2.05, 4.69) is 10.3 Å². The molecule has 1 aliphatic carbocycles. The van der Waals surface area contributed by atoms with Crippen LogP contribution in [0.25, 0.3) is 21.3 Å². The van der Waals surface area contributed by atoms with Gasteiger partial charge in [0.25, 0.3) is 5.56 Å². The van der Waals surface area contributed by atoms with Crippen molar-refractivity contribution < 1.29 is 4.79 Å². The third kappa shape index (κ3) is 3.81. The first-order chi connectivity index (χ1) is 13.1. The number of nitrogens with one attached hydrogen (secondary N) is 1. The molecule has 1 N–H and O–H groups in total. The van der Waals surface area contributed by atoms with Gasteiger partial charge in [-0.05, 0) is 25.3 Å². The zero-order valence-corrected chi connectivity index (χ0v) is 16.2. The van der Waals surface area contributed by atoms with Crippen molar-refractivity contribution in [3.05, 3.63) is 51.9 Å². The molecule has 6 heteroatoms. The van der Waals surface area contributed by atoms with Gasteiger partial charge in [0.05, 0.1) is 11.7 Å². The lowest BCUT2D eigenvalue weighted by molar-refractivity contribution is -0.122. The zero-order valence-electron chi connectivity index (χ0n) is 15.4. The van der Waals surface area contributed by atoms with Crippen molar-refractivity contribution in [3.8, 4) is 11.1 Å². The average molecular weight is 382 g/mol. The van der Waals surface area contributed by atoms with Crippen LogP contribution in [0.5, 0.6) is 0 Å². The third-order valence-corrected chi connectivity index (χ3v) is 6.11. The summed E-state index contributed by atoms with van der Waals surface area (Å²) in [6.07, 6.45) is 6.36. The zero-order chi connectivity index (χ0) is 18.8. The molecule has 1 saturated carbocycles. The summed E-state index contributed by atoms with van der Waals surface area (Å²) in [5, 5.41) is 5.70. The second kappa shape index (κ2) is 7.64. The van der Waals surface area contributed by atoms with Gasteiger partial charge in [-0.25, -0.2) is 4.98 Å². The van der Waals surface area contributed by atoms with Crippen LogP contribution in [0.3, 0.4) is 0 Å². The molecule has 0 radical (unpaired) electrons. The van der Waals surface area contributed by atoms with E-state index in [0.717, 1.165) is 28.8 Å². The minimum absolute atomic E-state index is 0.0120. The SMILES string of the molecule is Cc1ccc(-c2csc3ncn(CCC(=O)NC4CCCC4)c(=O)c23)cc1. The summed E-state index contributed by atoms with van der Waals surface area (Å²) in [7, 11) is 0. The van der Waals surface area contributed by atoms with Crippen molar-refractivity contribution in [3.63, 3.8) is 0 Å². The van der Waals surface area contributed by atoms with Crippen LogP contribution in [0.2, 0.25) is 0 Å². The minimum atomic E-state index is -0.0782. The number of amides is 1. The van der Waals surface area contributed by atoms with Crippen LogP contribution in [0.15, 0.2) is 40.8 Å². The molecule has 0 bridgehead atoms. The molecule has 2 aromatic heterocycles. The first-order valence-electron chi connectivity index (χ1n) is 9.45. The van der Waals surface area contributed by atoms with Gasteiger partial charge in [0.15, 0.2) is 0 Å². The molecule has 4 rings (SSSR count). The van der Waals surface area contributed by atoms with Crippen LogP contribution < -0.4 is 10.9 Å². The number of benzene rings is 1. The van der Waals surface area contributed by atoms with E-state index in [1.54, 1.807) is 10.9 Å². The summed E-state index contributed by atoms with van der Waals surface area (Å²) in [5.74, 6) is 0.0120. The maximum absolute atomic E-state index is 13.0. The molecule has 27 heavy (non-hydrogen) atoms. The number of aryl methyl sites for hydroxylation is 2. The van der Waals surface area contributed by atoms with Crippen LogP contribution in [0.1, 0.15) is 37.7 Å². The number of rotatable bonds is 5. The highest BCUT2D eigenvalue weighted by Crippen LogP contribution is 2.30. The molecule has 0 saturated heterocycles. The van der Waals surface area contributed by atoms with Crippen LogP contribution in [-0.2, 0) is 11.3 Å². The van der Waals surface area contributed by atoms with Gasteiger partial charge in [0, 0.05) is 30.0 Å². The van der Waals surface area contributed by atoms with E-state index >= 15 is 0 Å². The molecule has 140 valence electrons. The van der Waals surface area contributed by atoms with Gasteiger partial charge in [-0.15, -0.1) is 11.3 Å². The van der Waals surface area contributed by atoms with Crippen molar-refractivity contribution in [1.82, 2.24) is 14.9 Å². The number of aromatic nitrogens is 2. The molecule has 0 spiro atoms. The lowest BCUT2D eigenvalue weighted by atomic mass is 10.1. The Balaban J connectivity index is 1.56. The fourth-order valence-electron chi connectivity index (χ4n) is 3.66. The molecule has 3 aromatic rings. The molecule has 0 unspecified atom stereocenters. The summed E-state index contributed by atoms with van der Waals surface area (Å²) in [4.78, 5) is 30.4. The molecule has 1 aliphatic rings. The number of hydrogen-bond donors (Lipinski definition) is 1. The van der Waals surface area contributed by atoms with Crippen molar-refractivity contribution >= 4 is 27.5 Å². The Kier molecular flexibility index (Phi) is 5.07. The summed E-state index contributed by atoms with van der Waals surface area (Å²) in [6.45, 7) is 2.39. The van der Waals surface area contributed by atoms with Gasteiger partial charge >= 0.3 is 0 Å². The lowest BCUT2D eigenvalue weighted by Gasteiger charge is -2.12. The van der Waals surface area contributed by atoms with E-state index < -0.39 is 0 Å². The number of fused-ring (bicyclic) bond motifs is 1. The van der Waals surface area contributed by atoms with Gasteiger partial charge in [-0.1, -0.05) is 42.7 Å². The predicted octanol–water partition coefficient (Wildman–Crippen LogP) is 3.88. The highest BCUT2D eigenvalue weighted by molar-refractivity contribution is 7.17. The topological polar surface area (TPSA) is 64.0 Å². The molecule has 0 aliphatic heterocycles. The molecule has 5 nitrogen and oxygen atoms in total. The van der Waals surface area contributed by atoms with Gasteiger partial charge in [0.1, 0.15) is 4.83 Å². The molecule has 0 atom stereocenters. The van der Waals surface area contributed by atoms with E-state index in [1.165, 1.54) is 29.7 Å². The second-order valence-electron chi connectivity index (χ2n) is 7.24. The van der Waals surface area contributed by atoms with Gasteiger partial charge < -0.3 is 5.32 Å². The van der Waals surface area contributed by atoms with E-state index in [9.17, 15) is 9.59 Å². The maximum Gasteiger partial charge on any atom is 0.262 e. The number of hydrogen-bond acceptors (Lipinski definition) is 4. The van der Waals surface area contributed by atoms with Crippen molar-refractivity contribution in [2.24, 2.45) is 0 Å². The van der Waals surface area contributed by atoms with Gasteiger partial charge in [-0.2, -0.15) is 0 Å². The quantitative estimate of drug-likeness (QED) is 0.729. The highest BCUT2D eigenvalue weighted by Gasteiger charge is 2.18. The Labute approximate surface area is 162 Å². The number of nitrogens with zero attached hydrogens (tertiary/aromatic N) is 2. The summed E-state index contributed by atoms with van der Waals surface area (Å²) in [5.41, 5.74) is 3.03. The molecule has 1 fully saturated rings. The van der Waals surface area contributed by atoms with E-state index in [0.29, 0.717) is 24.4 Å². The molecular weight excluding hydrogens is 358 g/mol. The van der Waals surface area contributed by atoms with Crippen LogP contribution in [0.4, 0.5) is 0 Å². The Morgan fingerprint density at radius 3 is 2.74 bits per heavy atom. The normalized spacial score (nSPS) is 14.7. The molecular formula is C21H23N3O2S. The van der Waals surface area contributed by atoms with E-state index in [-0.39, 0.29) is 11.5 Å². The average Bonchev–Trinajstić information content (AvgIpc) is 3.32. The van der Waals surface area contributed by atoms with Crippen LogP contribution >= 0.6 is 11.3 Å². The highest BCUT2D eigenvalue weighted by atomic mass is 32.1. The van der Waals surface area contributed by atoms with Crippen molar-refractivity contribution in [2.45, 2.75) is 51.6 Å². The second-order valence-corrected chi connectivity index (χ2v) is 8.10. The van der Waals surface area contributed by atoms with Gasteiger partial charge in [-0.3, -0.25) is 14.2 Å². The number of carbonyl (C=O) groups excluding carboxylic acids is 1. The van der Waals surface area contributed by atoms with Crippen LogP contribution in [-0.4, -0.2) is 21.5 Å². The number of thiophene rings is 1. The maximum atomic E-state index is 13.0. The lowest BCUT2D eigenvalue weighted by Crippen LogP contribution is -2.34. The van der Waals surface area contributed by atoms with E-state index in [4.69, 9.17) is 0 Å². The third-order valence-electron chi connectivity index (χ3n) is 5.22. The Hall–Kier alpha value is -2.47. The van der Waals surface area contributed by atoms with Crippen molar-refractivity contribution in [2.75, 3.05) is 0 Å². The van der Waals surface area contributed by atoms with Gasteiger partial charge in [0.2, 0.25) is 5.91 Å². The number of carbonyl (C=O) groups is 1.